The lowest BCUT2D eigenvalue weighted by molar-refractivity contribution is -0.126. The van der Waals surface area contributed by atoms with Crippen LogP contribution in [-0.4, -0.2) is 29.2 Å². The van der Waals surface area contributed by atoms with Gasteiger partial charge in [0.15, 0.2) is 0 Å². The fourth-order valence-corrected chi connectivity index (χ4v) is 3.51. The van der Waals surface area contributed by atoms with Gasteiger partial charge in [0.25, 0.3) is 0 Å². The highest BCUT2D eigenvalue weighted by Gasteiger charge is 2.29. The molecule has 3 aromatic rings. The Hall–Kier alpha value is -3.28. The normalized spacial score (nSPS) is 16.6. The molecule has 2 atom stereocenters. The molecule has 0 spiro atoms. The summed E-state index contributed by atoms with van der Waals surface area (Å²) in [7, 11) is 3.55. The van der Waals surface area contributed by atoms with Gasteiger partial charge in [0.05, 0.1) is 13.0 Å². The number of methoxy groups -OCH3 is 1. The van der Waals surface area contributed by atoms with Crippen molar-refractivity contribution in [1.82, 2.24) is 14.9 Å². The van der Waals surface area contributed by atoms with Gasteiger partial charge in [-0.3, -0.25) is 4.79 Å². The average Bonchev–Trinajstić information content (AvgIpc) is 3.17. The van der Waals surface area contributed by atoms with Gasteiger partial charge in [-0.15, -0.1) is 0 Å². The quantitative estimate of drug-likeness (QED) is 0.743. The fraction of sp³-hybridized carbons (Fsp3) is 0.273. The van der Waals surface area contributed by atoms with Crippen molar-refractivity contribution in [3.8, 4) is 11.5 Å². The van der Waals surface area contributed by atoms with Crippen molar-refractivity contribution in [2.45, 2.75) is 12.5 Å². The summed E-state index contributed by atoms with van der Waals surface area (Å²) in [6.45, 7) is 0.374. The first-order valence-electron chi connectivity index (χ1n) is 9.28. The maximum atomic E-state index is 13.1. The molecule has 4 rings (SSSR count). The molecular formula is C22H23N3O3. The number of aromatic nitrogens is 2. The van der Waals surface area contributed by atoms with Crippen molar-refractivity contribution >= 4 is 5.91 Å². The Labute approximate surface area is 164 Å². The maximum Gasteiger partial charge on any atom is 0.227 e. The largest absolute Gasteiger partial charge is 0.497 e. The fourth-order valence-electron chi connectivity index (χ4n) is 3.51. The molecule has 1 aliphatic rings. The van der Waals surface area contributed by atoms with Gasteiger partial charge in [0, 0.05) is 19.4 Å². The standard InChI is InChI=1S/C22H23N3O3/c1-25-12-11-23-21(25)20(15-7-9-18(27-2)10-8-15)24-22(26)17-13-16-5-3-4-6-19(16)28-14-17/h3-12,17,20H,13-14H2,1-2H3,(H,24,26). The minimum Gasteiger partial charge on any atom is -0.497 e. The van der Waals surface area contributed by atoms with Crippen molar-refractivity contribution in [1.29, 1.82) is 0 Å². The second-order valence-electron chi connectivity index (χ2n) is 6.93. The van der Waals surface area contributed by atoms with E-state index in [0.29, 0.717) is 13.0 Å². The number of nitrogens with zero attached hydrogens (tertiary/aromatic N) is 2. The summed E-state index contributed by atoms with van der Waals surface area (Å²) in [5.41, 5.74) is 2.01. The number of fused-ring (bicyclic) bond motifs is 1. The number of carbonyl (C=O) groups excluding carboxylic acids is 1. The number of rotatable bonds is 5. The number of benzene rings is 2. The summed E-state index contributed by atoms with van der Waals surface area (Å²) in [5.74, 6) is 2.12. The Morgan fingerprint density at radius 2 is 2.04 bits per heavy atom. The van der Waals surface area contributed by atoms with Crippen molar-refractivity contribution in [3.63, 3.8) is 0 Å². The van der Waals surface area contributed by atoms with Crippen molar-refractivity contribution in [3.05, 3.63) is 77.9 Å². The maximum absolute atomic E-state index is 13.1. The number of hydrogen-bond donors (Lipinski definition) is 1. The molecular weight excluding hydrogens is 354 g/mol. The molecule has 6 heteroatoms. The number of aryl methyl sites for hydroxylation is 1. The zero-order valence-electron chi connectivity index (χ0n) is 16.0. The molecule has 1 amide bonds. The van der Waals surface area contributed by atoms with Gasteiger partial charge in [-0.1, -0.05) is 30.3 Å². The Morgan fingerprint density at radius 3 is 2.75 bits per heavy atom. The van der Waals surface area contributed by atoms with Crippen LogP contribution in [-0.2, 0) is 18.3 Å². The number of hydrogen-bond acceptors (Lipinski definition) is 4. The monoisotopic (exact) mass is 377 g/mol. The Morgan fingerprint density at radius 1 is 1.25 bits per heavy atom. The first kappa shape index (κ1) is 18.1. The Bertz CT molecular complexity index is 965. The lowest BCUT2D eigenvalue weighted by atomic mass is 9.95. The summed E-state index contributed by atoms with van der Waals surface area (Å²) in [6.07, 6.45) is 4.27. The van der Waals surface area contributed by atoms with Crippen LogP contribution < -0.4 is 14.8 Å². The summed E-state index contributed by atoms with van der Waals surface area (Å²) in [6, 6.07) is 15.2. The van der Waals surface area contributed by atoms with Gasteiger partial charge >= 0.3 is 0 Å². The third-order valence-electron chi connectivity index (χ3n) is 5.10. The lowest BCUT2D eigenvalue weighted by Crippen LogP contribution is -2.40. The van der Waals surface area contributed by atoms with Crippen molar-refractivity contribution in [2.24, 2.45) is 13.0 Å². The average molecular weight is 377 g/mol. The van der Waals surface area contributed by atoms with E-state index in [-0.39, 0.29) is 17.9 Å². The molecule has 0 saturated carbocycles. The lowest BCUT2D eigenvalue weighted by Gasteiger charge is -2.27. The zero-order chi connectivity index (χ0) is 19.5. The van der Waals surface area contributed by atoms with E-state index < -0.39 is 0 Å². The second kappa shape index (κ2) is 7.76. The Balaban J connectivity index is 1.57. The van der Waals surface area contributed by atoms with Gasteiger partial charge in [-0.25, -0.2) is 4.98 Å². The van der Waals surface area contributed by atoms with Crippen LogP contribution in [0.15, 0.2) is 60.9 Å². The predicted molar refractivity (Wildman–Crippen MR) is 105 cm³/mol. The molecule has 1 N–H and O–H groups in total. The number of para-hydroxylation sites is 1. The van der Waals surface area contributed by atoms with Crippen LogP contribution in [0.5, 0.6) is 11.5 Å². The highest BCUT2D eigenvalue weighted by Crippen LogP contribution is 2.28. The molecule has 1 aromatic heterocycles. The van der Waals surface area contributed by atoms with E-state index in [0.717, 1.165) is 28.5 Å². The minimum atomic E-state index is -0.351. The van der Waals surface area contributed by atoms with E-state index in [1.54, 1.807) is 13.3 Å². The number of carbonyl (C=O) groups is 1. The topological polar surface area (TPSA) is 65.4 Å². The first-order valence-corrected chi connectivity index (χ1v) is 9.28. The molecule has 0 aliphatic carbocycles. The van der Waals surface area contributed by atoms with E-state index >= 15 is 0 Å². The second-order valence-corrected chi connectivity index (χ2v) is 6.93. The highest BCUT2D eigenvalue weighted by atomic mass is 16.5. The summed E-state index contributed by atoms with van der Waals surface area (Å²) >= 11 is 0. The van der Waals surface area contributed by atoms with Crippen LogP contribution >= 0.6 is 0 Å². The molecule has 28 heavy (non-hydrogen) atoms. The molecule has 2 aromatic carbocycles. The smallest absolute Gasteiger partial charge is 0.227 e. The third-order valence-corrected chi connectivity index (χ3v) is 5.10. The van der Waals surface area contributed by atoms with E-state index in [4.69, 9.17) is 9.47 Å². The van der Waals surface area contributed by atoms with E-state index in [1.165, 1.54) is 0 Å². The van der Waals surface area contributed by atoms with Gasteiger partial charge in [0.2, 0.25) is 5.91 Å². The van der Waals surface area contributed by atoms with Crippen molar-refractivity contribution < 1.29 is 14.3 Å². The summed E-state index contributed by atoms with van der Waals surface area (Å²) in [5, 5.41) is 3.17. The molecule has 0 saturated heterocycles. The zero-order valence-corrected chi connectivity index (χ0v) is 16.0. The number of amides is 1. The van der Waals surface area contributed by atoms with Gasteiger partial charge < -0.3 is 19.4 Å². The van der Waals surface area contributed by atoms with Crippen LogP contribution in [0.4, 0.5) is 0 Å². The molecule has 1 aliphatic heterocycles. The third kappa shape index (κ3) is 3.58. The molecule has 144 valence electrons. The molecule has 2 unspecified atom stereocenters. The van der Waals surface area contributed by atoms with Gasteiger partial charge in [-0.2, -0.15) is 0 Å². The van der Waals surface area contributed by atoms with Gasteiger partial charge in [0.1, 0.15) is 30.0 Å². The minimum absolute atomic E-state index is 0.0432. The highest BCUT2D eigenvalue weighted by molar-refractivity contribution is 5.80. The van der Waals surface area contributed by atoms with E-state index in [2.05, 4.69) is 10.3 Å². The van der Waals surface area contributed by atoms with Crippen LogP contribution in [0.25, 0.3) is 0 Å². The molecule has 6 nitrogen and oxygen atoms in total. The summed E-state index contributed by atoms with van der Waals surface area (Å²) < 4.78 is 13.0. The van der Waals surface area contributed by atoms with E-state index in [9.17, 15) is 4.79 Å². The number of nitrogens with one attached hydrogen (secondary N) is 1. The molecule has 2 heterocycles. The SMILES string of the molecule is COc1ccc(C(NC(=O)C2COc3ccccc3C2)c2nccn2C)cc1. The molecule has 0 bridgehead atoms. The summed E-state index contributed by atoms with van der Waals surface area (Å²) in [4.78, 5) is 17.5. The number of imidazole rings is 1. The van der Waals surface area contributed by atoms with Crippen LogP contribution in [0.3, 0.4) is 0 Å². The van der Waals surface area contributed by atoms with E-state index in [1.807, 2.05) is 66.3 Å². The van der Waals surface area contributed by atoms with Crippen LogP contribution in [0.2, 0.25) is 0 Å². The number of ether oxygens (including phenoxy) is 2. The molecule has 0 radical (unpaired) electrons. The Kier molecular flexibility index (Phi) is 5.02. The molecule has 0 fully saturated rings. The van der Waals surface area contributed by atoms with Gasteiger partial charge in [-0.05, 0) is 35.7 Å². The van der Waals surface area contributed by atoms with Crippen molar-refractivity contribution in [2.75, 3.05) is 13.7 Å². The predicted octanol–water partition coefficient (Wildman–Crippen LogP) is 2.89. The van der Waals surface area contributed by atoms with Crippen LogP contribution in [0.1, 0.15) is 23.0 Å². The first-order chi connectivity index (χ1) is 13.7. The van der Waals surface area contributed by atoms with Crippen LogP contribution in [0, 0.1) is 5.92 Å².